The van der Waals surface area contributed by atoms with Crippen LogP contribution in [0.3, 0.4) is 0 Å². The molecule has 1 atom stereocenters. The zero-order valence-electron chi connectivity index (χ0n) is 15.1. The average molecular weight is 363 g/mol. The third kappa shape index (κ3) is 12.2. The highest BCUT2D eigenvalue weighted by Crippen LogP contribution is 2.17. The Morgan fingerprint density at radius 2 is 1.48 bits per heavy atom. The number of sulfone groups is 2. The molecule has 0 spiro atoms. The minimum absolute atomic E-state index is 0.0570. The Kier molecular flexibility index (Phi) is 9.06. The summed E-state index contributed by atoms with van der Waals surface area (Å²) in [5.41, 5.74) is 3.06. The lowest BCUT2D eigenvalue weighted by Gasteiger charge is -2.13. The molecule has 23 heavy (non-hydrogen) atoms. The largest absolute Gasteiger partial charge is 0.229 e. The maximum Gasteiger partial charge on any atom is 0.154 e. The highest BCUT2D eigenvalue weighted by atomic mass is 32.2. The molecule has 0 aliphatic rings. The Hall–Kier alpha value is -0.880. The summed E-state index contributed by atoms with van der Waals surface area (Å²) in [6, 6.07) is 0. The van der Waals surface area contributed by atoms with E-state index in [1.165, 1.54) is 11.8 Å². The normalized spacial score (nSPS) is 15.4. The topological polar surface area (TPSA) is 68.3 Å². The molecule has 0 radical (unpaired) electrons. The molecule has 0 aromatic rings. The van der Waals surface area contributed by atoms with Gasteiger partial charge in [-0.1, -0.05) is 34.9 Å². The summed E-state index contributed by atoms with van der Waals surface area (Å²) in [7, 11) is -6.31. The second kappa shape index (κ2) is 9.42. The standard InChI is InChI=1S/C17H30O4S2/c1-14(2)8-7-9-15(3)12-17(23(6,20)21)13-16(4)10-11-22(5,18)19/h8,10,12,17H,7,9,11,13H2,1-6H3/b15-12+,16-10+. The van der Waals surface area contributed by atoms with Gasteiger partial charge in [0.1, 0.15) is 0 Å². The second-order valence-corrected chi connectivity index (χ2v) is 11.0. The molecule has 0 amide bonds. The predicted molar refractivity (Wildman–Crippen MR) is 99.1 cm³/mol. The first-order valence-corrected chi connectivity index (χ1v) is 11.7. The van der Waals surface area contributed by atoms with Crippen molar-refractivity contribution < 1.29 is 16.8 Å². The van der Waals surface area contributed by atoms with Crippen LogP contribution in [0.15, 0.2) is 34.9 Å². The van der Waals surface area contributed by atoms with Crippen molar-refractivity contribution in [2.24, 2.45) is 0 Å². The molecule has 0 aromatic heterocycles. The summed E-state index contributed by atoms with van der Waals surface area (Å²) >= 11 is 0. The fourth-order valence-corrected chi connectivity index (χ4v) is 3.65. The monoisotopic (exact) mass is 362 g/mol. The van der Waals surface area contributed by atoms with Crippen molar-refractivity contribution >= 4 is 19.7 Å². The van der Waals surface area contributed by atoms with Crippen molar-refractivity contribution in [2.45, 2.75) is 52.2 Å². The quantitative estimate of drug-likeness (QED) is 0.589. The van der Waals surface area contributed by atoms with Crippen molar-refractivity contribution in [3.05, 3.63) is 34.9 Å². The van der Waals surface area contributed by atoms with Crippen LogP contribution in [0.1, 0.15) is 47.0 Å². The maximum absolute atomic E-state index is 12.0. The molecule has 0 bridgehead atoms. The Balaban J connectivity index is 5.08. The Morgan fingerprint density at radius 1 is 0.913 bits per heavy atom. The third-order valence-corrected chi connectivity index (χ3v) is 5.54. The number of rotatable bonds is 9. The zero-order chi connectivity index (χ0) is 18.3. The summed E-state index contributed by atoms with van der Waals surface area (Å²) in [4.78, 5) is 0. The summed E-state index contributed by atoms with van der Waals surface area (Å²) in [6.45, 7) is 7.78. The molecule has 0 fully saturated rings. The average Bonchev–Trinajstić information content (AvgIpc) is 2.33. The summed E-state index contributed by atoms with van der Waals surface area (Å²) < 4.78 is 46.3. The van der Waals surface area contributed by atoms with Crippen molar-refractivity contribution in [1.29, 1.82) is 0 Å². The minimum Gasteiger partial charge on any atom is -0.229 e. The fourth-order valence-electron chi connectivity index (χ4n) is 2.02. The molecule has 0 saturated carbocycles. The van der Waals surface area contributed by atoms with E-state index in [4.69, 9.17) is 0 Å². The van der Waals surface area contributed by atoms with Crippen LogP contribution in [-0.4, -0.2) is 40.3 Å². The van der Waals surface area contributed by atoms with E-state index < -0.39 is 24.9 Å². The van der Waals surface area contributed by atoms with Gasteiger partial charge in [0.05, 0.1) is 11.0 Å². The van der Waals surface area contributed by atoms with Gasteiger partial charge in [-0.05, 0) is 47.0 Å². The number of allylic oxidation sites excluding steroid dienone is 4. The molecule has 0 rings (SSSR count). The molecular formula is C17H30O4S2. The van der Waals surface area contributed by atoms with Gasteiger partial charge in [0, 0.05) is 12.5 Å². The molecule has 0 saturated heterocycles. The van der Waals surface area contributed by atoms with Crippen molar-refractivity contribution in [3.63, 3.8) is 0 Å². The van der Waals surface area contributed by atoms with E-state index in [2.05, 4.69) is 6.08 Å². The van der Waals surface area contributed by atoms with Crippen molar-refractivity contribution in [2.75, 3.05) is 18.3 Å². The fraction of sp³-hybridized carbons (Fsp3) is 0.647. The SMILES string of the molecule is CC(C)=CCC/C(C)=C/C(C/C(C)=C/CS(C)(=O)=O)S(C)(=O)=O. The van der Waals surface area contributed by atoms with Gasteiger partial charge in [-0.2, -0.15) is 0 Å². The van der Waals surface area contributed by atoms with E-state index in [1.54, 1.807) is 19.1 Å². The van der Waals surface area contributed by atoms with Gasteiger partial charge in [0.25, 0.3) is 0 Å². The van der Waals surface area contributed by atoms with Crippen LogP contribution < -0.4 is 0 Å². The van der Waals surface area contributed by atoms with Crippen LogP contribution in [0.5, 0.6) is 0 Å². The molecular weight excluding hydrogens is 332 g/mol. The Labute approximate surface area is 142 Å². The van der Waals surface area contributed by atoms with Crippen molar-refractivity contribution in [1.82, 2.24) is 0 Å². The smallest absolute Gasteiger partial charge is 0.154 e. The van der Waals surface area contributed by atoms with Gasteiger partial charge in [-0.15, -0.1) is 0 Å². The molecule has 0 aromatic carbocycles. The van der Waals surface area contributed by atoms with E-state index in [9.17, 15) is 16.8 Å². The van der Waals surface area contributed by atoms with Gasteiger partial charge >= 0.3 is 0 Å². The maximum atomic E-state index is 12.0. The lowest BCUT2D eigenvalue weighted by atomic mass is 10.1. The molecule has 0 aliphatic carbocycles. The van der Waals surface area contributed by atoms with Gasteiger partial charge in [-0.3, -0.25) is 0 Å². The number of hydrogen-bond acceptors (Lipinski definition) is 4. The molecule has 0 aliphatic heterocycles. The van der Waals surface area contributed by atoms with Gasteiger partial charge in [0.15, 0.2) is 19.7 Å². The number of hydrogen-bond donors (Lipinski definition) is 0. The second-order valence-electron chi connectivity index (χ2n) is 6.55. The lowest BCUT2D eigenvalue weighted by molar-refractivity contribution is 0.593. The molecule has 1 unspecified atom stereocenters. The zero-order valence-corrected chi connectivity index (χ0v) is 16.7. The first-order chi connectivity index (χ1) is 10.3. The van der Waals surface area contributed by atoms with Crippen LogP contribution in [-0.2, 0) is 19.7 Å². The summed E-state index contributed by atoms with van der Waals surface area (Å²) in [5.74, 6) is -0.0570. The lowest BCUT2D eigenvalue weighted by Crippen LogP contribution is -2.18. The van der Waals surface area contributed by atoms with Crippen LogP contribution >= 0.6 is 0 Å². The first kappa shape index (κ1) is 22.1. The van der Waals surface area contributed by atoms with Gasteiger partial charge in [0.2, 0.25) is 0 Å². The van der Waals surface area contributed by atoms with Crippen LogP contribution in [0.4, 0.5) is 0 Å². The third-order valence-electron chi connectivity index (χ3n) is 3.37. The van der Waals surface area contributed by atoms with E-state index in [1.807, 2.05) is 20.8 Å². The molecule has 0 N–H and O–H groups in total. The molecule has 0 heterocycles. The highest BCUT2D eigenvalue weighted by molar-refractivity contribution is 7.91. The van der Waals surface area contributed by atoms with Crippen molar-refractivity contribution in [3.8, 4) is 0 Å². The van der Waals surface area contributed by atoms with E-state index in [0.717, 1.165) is 30.2 Å². The molecule has 6 heteroatoms. The van der Waals surface area contributed by atoms with E-state index in [0.29, 0.717) is 6.42 Å². The summed E-state index contributed by atoms with van der Waals surface area (Å²) in [5, 5.41) is -0.606. The van der Waals surface area contributed by atoms with E-state index in [-0.39, 0.29) is 5.75 Å². The Bertz CT molecular complexity index is 674. The molecule has 4 nitrogen and oxygen atoms in total. The molecule has 134 valence electrons. The highest BCUT2D eigenvalue weighted by Gasteiger charge is 2.19. The minimum atomic E-state index is -3.23. The van der Waals surface area contributed by atoms with Crippen LogP contribution in [0.25, 0.3) is 0 Å². The van der Waals surface area contributed by atoms with Gasteiger partial charge < -0.3 is 0 Å². The first-order valence-electron chi connectivity index (χ1n) is 7.64. The Morgan fingerprint density at radius 3 is 1.91 bits per heavy atom. The predicted octanol–water partition coefficient (Wildman–Crippen LogP) is 3.47. The van der Waals surface area contributed by atoms with Gasteiger partial charge in [-0.25, -0.2) is 16.8 Å². The van der Waals surface area contributed by atoms with Crippen LogP contribution in [0, 0.1) is 0 Å². The summed E-state index contributed by atoms with van der Waals surface area (Å²) in [6.07, 6.45) is 9.96. The van der Waals surface area contributed by atoms with E-state index >= 15 is 0 Å². The van der Waals surface area contributed by atoms with Crippen LogP contribution in [0.2, 0.25) is 0 Å².